The lowest BCUT2D eigenvalue weighted by Gasteiger charge is -2.29. The molecule has 0 heterocycles. The molecule has 0 bridgehead atoms. The highest BCUT2D eigenvalue weighted by atomic mass is 15.1. The molecule has 0 fully saturated rings. The van der Waals surface area contributed by atoms with Gasteiger partial charge in [0.05, 0.1) is 5.69 Å². The Balaban J connectivity index is 1.77. The quantitative estimate of drug-likeness (QED) is 0.271. The molecule has 5 rings (SSSR count). The summed E-state index contributed by atoms with van der Waals surface area (Å²) in [4.78, 5) is 2.37. The van der Waals surface area contributed by atoms with Gasteiger partial charge in [-0.1, -0.05) is 91.0 Å². The van der Waals surface area contributed by atoms with Crippen molar-refractivity contribution in [1.29, 1.82) is 0 Å². The molecule has 0 radical (unpaired) electrons. The van der Waals surface area contributed by atoms with Gasteiger partial charge in [-0.2, -0.15) is 0 Å². The Labute approximate surface area is 196 Å². The Hall–Kier alpha value is -4.10. The van der Waals surface area contributed by atoms with Crippen LogP contribution in [0.15, 0.2) is 127 Å². The van der Waals surface area contributed by atoms with E-state index >= 15 is 0 Å². The van der Waals surface area contributed by atoms with Gasteiger partial charge in [-0.25, -0.2) is 0 Å². The first kappa shape index (κ1) is 20.8. The number of rotatable bonds is 5. The van der Waals surface area contributed by atoms with Crippen LogP contribution in [-0.2, 0) is 0 Å². The van der Waals surface area contributed by atoms with E-state index in [1.807, 2.05) is 0 Å². The SMILES string of the molecule is Cc1cccc(N(c2cccc(C)c2)c2ccc(-c3ccccc3)cc2-c2ccccc2)c1. The first-order valence-electron chi connectivity index (χ1n) is 11.4. The molecule has 0 spiro atoms. The van der Waals surface area contributed by atoms with Crippen molar-refractivity contribution in [3.63, 3.8) is 0 Å². The standard InChI is InChI=1S/C32H27N/c1-24-11-9-17-29(21-24)33(30-18-10-12-25(2)22-30)32-20-19-28(26-13-5-3-6-14-26)23-31(32)27-15-7-4-8-16-27/h3-23H,1-2H3. The van der Waals surface area contributed by atoms with Crippen molar-refractivity contribution in [2.75, 3.05) is 4.90 Å². The van der Waals surface area contributed by atoms with E-state index in [0.29, 0.717) is 0 Å². The maximum Gasteiger partial charge on any atom is 0.0540 e. The van der Waals surface area contributed by atoms with Gasteiger partial charge in [-0.15, -0.1) is 0 Å². The van der Waals surface area contributed by atoms with Crippen LogP contribution in [0.5, 0.6) is 0 Å². The number of hydrogen-bond acceptors (Lipinski definition) is 1. The van der Waals surface area contributed by atoms with E-state index < -0.39 is 0 Å². The molecule has 0 aliphatic rings. The molecule has 0 saturated carbocycles. The molecular formula is C32H27N. The minimum Gasteiger partial charge on any atom is -0.310 e. The molecule has 0 N–H and O–H groups in total. The van der Waals surface area contributed by atoms with Crippen molar-refractivity contribution in [2.24, 2.45) is 0 Å². The topological polar surface area (TPSA) is 3.24 Å². The number of anilines is 3. The molecule has 0 aliphatic carbocycles. The summed E-state index contributed by atoms with van der Waals surface area (Å²) in [5.41, 5.74) is 10.8. The van der Waals surface area contributed by atoms with Crippen LogP contribution in [0.4, 0.5) is 17.1 Å². The van der Waals surface area contributed by atoms with Crippen molar-refractivity contribution < 1.29 is 0 Å². The van der Waals surface area contributed by atoms with Crippen molar-refractivity contribution in [3.05, 3.63) is 139 Å². The molecule has 160 valence electrons. The summed E-state index contributed by atoms with van der Waals surface area (Å²) in [6, 6.07) is 45.5. The number of aryl methyl sites for hydroxylation is 2. The Morgan fingerprint density at radius 3 is 1.52 bits per heavy atom. The zero-order chi connectivity index (χ0) is 22.6. The van der Waals surface area contributed by atoms with Gasteiger partial charge in [-0.3, -0.25) is 0 Å². The molecule has 0 unspecified atom stereocenters. The van der Waals surface area contributed by atoms with E-state index in [-0.39, 0.29) is 0 Å². The number of hydrogen-bond donors (Lipinski definition) is 0. The average Bonchev–Trinajstić information content (AvgIpc) is 2.86. The van der Waals surface area contributed by atoms with Crippen LogP contribution < -0.4 is 4.90 Å². The lowest BCUT2D eigenvalue weighted by atomic mass is 9.96. The summed E-state index contributed by atoms with van der Waals surface area (Å²) in [5, 5.41) is 0. The largest absolute Gasteiger partial charge is 0.310 e. The van der Waals surface area contributed by atoms with Crippen LogP contribution in [0, 0.1) is 13.8 Å². The Kier molecular flexibility index (Phi) is 5.78. The van der Waals surface area contributed by atoms with Crippen LogP contribution in [0.1, 0.15) is 11.1 Å². The molecule has 1 heteroatoms. The molecule has 0 atom stereocenters. The zero-order valence-corrected chi connectivity index (χ0v) is 19.1. The van der Waals surface area contributed by atoms with Gasteiger partial charge in [0.15, 0.2) is 0 Å². The highest BCUT2D eigenvalue weighted by Gasteiger charge is 2.18. The van der Waals surface area contributed by atoms with Crippen molar-refractivity contribution >= 4 is 17.1 Å². The molecule has 1 nitrogen and oxygen atoms in total. The van der Waals surface area contributed by atoms with Gasteiger partial charge in [0, 0.05) is 16.9 Å². The van der Waals surface area contributed by atoms with Gasteiger partial charge in [0.1, 0.15) is 0 Å². The maximum absolute atomic E-state index is 2.37. The van der Waals surface area contributed by atoms with Gasteiger partial charge < -0.3 is 4.90 Å². The van der Waals surface area contributed by atoms with Crippen LogP contribution >= 0.6 is 0 Å². The van der Waals surface area contributed by atoms with E-state index in [9.17, 15) is 0 Å². The van der Waals surface area contributed by atoms with Crippen LogP contribution in [0.3, 0.4) is 0 Å². The summed E-state index contributed by atoms with van der Waals surface area (Å²) in [6.45, 7) is 4.29. The lowest BCUT2D eigenvalue weighted by Crippen LogP contribution is -2.11. The third kappa shape index (κ3) is 4.44. The highest BCUT2D eigenvalue weighted by molar-refractivity contribution is 5.90. The van der Waals surface area contributed by atoms with E-state index in [0.717, 1.165) is 17.1 Å². The van der Waals surface area contributed by atoms with Gasteiger partial charge in [0.2, 0.25) is 0 Å². The summed E-state index contributed by atoms with van der Waals surface area (Å²) in [6.07, 6.45) is 0. The first-order chi connectivity index (χ1) is 16.2. The summed E-state index contributed by atoms with van der Waals surface area (Å²) in [7, 11) is 0. The van der Waals surface area contributed by atoms with E-state index in [1.54, 1.807) is 0 Å². The Morgan fingerprint density at radius 1 is 0.424 bits per heavy atom. The first-order valence-corrected chi connectivity index (χ1v) is 11.4. The van der Waals surface area contributed by atoms with Crippen LogP contribution in [0.2, 0.25) is 0 Å². The Morgan fingerprint density at radius 2 is 0.970 bits per heavy atom. The second-order valence-corrected chi connectivity index (χ2v) is 8.48. The van der Waals surface area contributed by atoms with Crippen LogP contribution in [0.25, 0.3) is 22.3 Å². The fourth-order valence-corrected chi connectivity index (χ4v) is 4.35. The van der Waals surface area contributed by atoms with Gasteiger partial charge in [-0.05, 0) is 78.1 Å². The van der Waals surface area contributed by atoms with E-state index in [2.05, 4.69) is 146 Å². The molecule has 5 aromatic carbocycles. The normalized spacial score (nSPS) is 10.7. The minimum atomic E-state index is 1.16. The molecular weight excluding hydrogens is 398 g/mol. The smallest absolute Gasteiger partial charge is 0.0540 e. The van der Waals surface area contributed by atoms with Crippen molar-refractivity contribution in [2.45, 2.75) is 13.8 Å². The molecule has 0 aliphatic heterocycles. The predicted octanol–water partition coefficient (Wildman–Crippen LogP) is 9.11. The van der Waals surface area contributed by atoms with Gasteiger partial charge in [0.25, 0.3) is 0 Å². The molecule has 0 saturated heterocycles. The minimum absolute atomic E-state index is 1.16. The molecule has 5 aromatic rings. The fourth-order valence-electron chi connectivity index (χ4n) is 4.35. The third-order valence-electron chi connectivity index (χ3n) is 5.95. The number of nitrogens with zero attached hydrogens (tertiary/aromatic N) is 1. The second kappa shape index (κ2) is 9.18. The summed E-state index contributed by atoms with van der Waals surface area (Å²) >= 11 is 0. The predicted molar refractivity (Wildman–Crippen MR) is 141 cm³/mol. The lowest BCUT2D eigenvalue weighted by molar-refractivity contribution is 1.26. The maximum atomic E-state index is 2.37. The van der Waals surface area contributed by atoms with Gasteiger partial charge >= 0.3 is 0 Å². The molecule has 0 aromatic heterocycles. The highest BCUT2D eigenvalue weighted by Crippen LogP contribution is 2.42. The molecule has 0 amide bonds. The third-order valence-corrected chi connectivity index (χ3v) is 5.95. The summed E-state index contributed by atoms with van der Waals surface area (Å²) in [5.74, 6) is 0. The zero-order valence-electron chi connectivity index (χ0n) is 19.1. The summed E-state index contributed by atoms with van der Waals surface area (Å²) < 4.78 is 0. The molecule has 33 heavy (non-hydrogen) atoms. The van der Waals surface area contributed by atoms with E-state index in [4.69, 9.17) is 0 Å². The number of benzene rings is 5. The van der Waals surface area contributed by atoms with Crippen molar-refractivity contribution in [1.82, 2.24) is 0 Å². The average molecular weight is 426 g/mol. The Bertz CT molecular complexity index is 1320. The monoisotopic (exact) mass is 425 g/mol. The van der Waals surface area contributed by atoms with Crippen LogP contribution in [-0.4, -0.2) is 0 Å². The fraction of sp³-hybridized carbons (Fsp3) is 0.0625. The van der Waals surface area contributed by atoms with Crippen molar-refractivity contribution in [3.8, 4) is 22.3 Å². The second-order valence-electron chi connectivity index (χ2n) is 8.48. The van der Waals surface area contributed by atoms with E-state index in [1.165, 1.54) is 33.4 Å².